The Morgan fingerprint density at radius 1 is 0.903 bits per heavy atom. The van der Waals surface area contributed by atoms with E-state index in [0.29, 0.717) is 31.2 Å². The van der Waals surface area contributed by atoms with Gasteiger partial charge in [0.15, 0.2) is 0 Å². The maximum absolute atomic E-state index is 10.3. The number of thiol groups is 2. The van der Waals surface area contributed by atoms with Gasteiger partial charge in [-0.05, 0) is 36.2 Å². The molecule has 0 spiro atoms. The van der Waals surface area contributed by atoms with Crippen LogP contribution in [-0.4, -0.2) is 87.7 Å². The van der Waals surface area contributed by atoms with E-state index in [1.165, 1.54) is 0 Å². The van der Waals surface area contributed by atoms with Crippen molar-refractivity contribution in [1.29, 1.82) is 0 Å². The van der Waals surface area contributed by atoms with Crippen molar-refractivity contribution in [3.8, 4) is 5.75 Å². The minimum atomic E-state index is -1.62. The van der Waals surface area contributed by atoms with Gasteiger partial charge in [0.1, 0.15) is 30.7 Å². The van der Waals surface area contributed by atoms with E-state index in [-0.39, 0.29) is 6.54 Å². The lowest BCUT2D eigenvalue weighted by Crippen LogP contribution is -2.50. The van der Waals surface area contributed by atoms with Gasteiger partial charge in [-0.3, -0.25) is 4.90 Å². The fraction of sp³-hybridized carbons (Fsp3) is 0.727. The number of aliphatic hydroxyl groups excluding tert-OH is 5. The molecule has 5 N–H and O–H groups in total. The third-order valence-electron chi connectivity index (χ3n) is 5.29. The molecule has 0 saturated carbocycles. The summed E-state index contributed by atoms with van der Waals surface area (Å²) in [5.74, 6) is 1.98. The molecule has 1 aromatic carbocycles. The molecule has 0 fully saturated rings. The van der Waals surface area contributed by atoms with Crippen LogP contribution in [0, 0.1) is 0 Å². The molecule has 0 amide bonds. The quantitative estimate of drug-likeness (QED) is 0.133. The number of unbranched alkanes of at least 4 members (excludes halogenated alkanes) is 3. The summed E-state index contributed by atoms with van der Waals surface area (Å²) in [6, 6.07) is 5.83. The standard InChI is InChI=1S/C22H39NO6S2/c1-2-3-4-5-8-23(12-19(25)21(27)22(28)20(26)13-24)9-10-29-18-7-6-16(14-30)17(11-18)15-31/h6-7,11,19-22,24-28,30-31H,2-5,8-10,12-15H2,1H3/t19-,20+,21+,22+/m0/s1. The average Bonchev–Trinajstić information content (AvgIpc) is 2.79. The predicted molar refractivity (Wildman–Crippen MR) is 129 cm³/mol. The molecule has 0 bridgehead atoms. The predicted octanol–water partition coefficient (Wildman–Crippen LogP) is 1.24. The summed E-state index contributed by atoms with van der Waals surface area (Å²) in [6.07, 6.45) is -1.71. The Bertz CT molecular complexity index is 609. The monoisotopic (exact) mass is 477 g/mol. The van der Waals surface area contributed by atoms with Gasteiger partial charge in [0.25, 0.3) is 0 Å². The summed E-state index contributed by atoms with van der Waals surface area (Å²) in [5.41, 5.74) is 2.19. The van der Waals surface area contributed by atoms with Gasteiger partial charge in [-0.15, -0.1) is 0 Å². The number of hydrogen-bond donors (Lipinski definition) is 7. The van der Waals surface area contributed by atoms with Gasteiger partial charge in [0, 0.05) is 24.6 Å². The maximum Gasteiger partial charge on any atom is 0.119 e. The van der Waals surface area contributed by atoms with Crippen LogP contribution in [-0.2, 0) is 11.5 Å². The fourth-order valence-corrected chi connectivity index (χ4v) is 3.88. The Labute approximate surface area is 196 Å². The van der Waals surface area contributed by atoms with Crippen LogP contribution in [0.5, 0.6) is 5.75 Å². The highest BCUT2D eigenvalue weighted by molar-refractivity contribution is 7.79. The molecule has 1 aromatic rings. The molecule has 180 valence electrons. The molecule has 0 aliphatic heterocycles. The second kappa shape index (κ2) is 16.1. The lowest BCUT2D eigenvalue weighted by Gasteiger charge is -2.30. The summed E-state index contributed by atoms with van der Waals surface area (Å²) in [4.78, 5) is 1.98. The van der Waals surface area contributed by atoms with E-state index in [0.717, 1.165) is 42.6 Å². The van der Waals surface area contributed by atoms with E-state index < -0.39 is 31.0 Å². The van der Waals surface area contributed by atoms with Crippen LogP contribution in [0.3, 0.4) is 0 Å². The molecular formula is C22H39NO6S2. The van der Waals surface area contributed by atoms with E-state index >= 15 is 0 Å². The lowest BCUT2D eigenvalue weighted by atomic mass is 10.0. The molecular weight excluding hydrogens is 438 g/mol. The van der Waals surface area contributed by atoms with Gasteiger partial charge in [-0.25, -0.2) is 0 Å². The Hall–Kier alpha value is -0.520. The number of ether oxygens (including phenoxy) is 1. The smallest absolute Gasteiger partial charge is 0.119 e. The average molecular weight is 478 g/mol. The number of rotatable bonds is 17. The first-order valence-corrected chi connectivity index (χ1v) is 12.2. The van der Waals surface area contributed by atoms with Gasteiger partial charge in [-0.1, -0.05) is 32.3 Å². The Kier molecular flexibility index (Phi) is 14.9. The van der Waals surface area contributed by atoms with E-state index in [4.69, 9.17) is 9.84 Å². The molecule has 31 heavy (non-hydrogen) atoms. The molecule has 0 aliphatic rings. The van der Waals surface area contributed by atoms with Crippen molar-refractivity contribution in [2.24, 2.45) is 0 Å². The number of nitrogens with zero attached hydrogens (tertiary/aromatic N) is 1. The molecule has 0 saturated heterocycles. The maximum atomic E-state index is 10.3. The van der Waals surface area contributed by atoms with E-state index in [9.17, 15) is 20.4 Å². The van der Waals surface area contributed by atoms with Crippen LogP contribution in [0.25, 0.3) is 0 Å². The van der Waals surface area contributed by atoms with Gasteiger partial charge in [-0.2, -0.15) is 25.3 Å². The first kappa shape index (κ1) is 28.5. The Morgan fingerprint density at radius 2 is 1.58 bits per heavy atom. The van der Waals surface area contributed by atoms with Crippen molar-refractivity contribution in [2.75, 3.05) is 32.8 Å². The number of hydrogen-bond acceptors (Lipinski definition) is 9. The van der Waals surface area contributed by atoms with Crippen molar-refractivity contribution in [3.63, 3.8) is 0 Å². The van der Waals surface area contributed by atoms with E-state index in [1.807, 2.05) is 23.1 Å². The first-order valence-electron chi connectivity index (χ1n) is 10.9. The summed E-state index contributed by atoms with van der Waals surface area (Å²) in [6.45, 7) is 3.19. The van der Waals surface area contributed by atoms with Crippen LogP contribution in [0.4, 0.5) is 0 Å². The SMILES string of the molecule is CCCCCCN(CCOc1ccc(CS)c(CS)c1)C[C@H](O)[C@@H](O)[C@H](O)[C@H](O)CO. The third kappa shape index (κ3) is 10.3. The number of aliphatic hydroxyl groups is 5. The molecule has 0 aliphatic carbocycles. The third-order valence-corrected chi connectivity index (χ3v) is 5.97. The summed E-state index contributed by atoms with van der Waals surface area (Å²) in [7, 11) is 0. The molecule has 0 heterocycles. The summed E-state index contributed by atoms with van der Waals surface area (Å²) in [5, 5.41) is 48.8. The zero-order valence-corrected chi connectivity index (χ0v) is 20.1. The molecule has 0 unspecified atom stereocenters. The highest BCUT2D eigenvalue weighted by Gasteiger charge is 2.31. The van der Waals surface area contributed by atoms with Crippen LogP contribution < -0.4 is 4.74 Å². The van der Waals surface area contributed by atoms with Gasteiger partial charge < -0.3 is 30.3 Å². The van der Waals surface area contributed by atoms with Crippen molar-refractivity contribution >= 4 is 25.3 Å². The molecule has 1 rings (SSSR count). The van der Waals surface area contributed by atoms with Crippen LogP contribution in [0.15, 0.2) is 18.2 Å². The normalized spacial score (nSPS) is 15.6. The number of benzene rings is 1. The van der Waals surface area contributed by atoms with Gasteiger partial charge >= 0.3 is 0 Å². The van der Waals surface area contributed by atoms with Crippen LogP contribution in [0.2, 0.25) is 0 Å². The molecule has 0 aromatic heterocycles. The summed E-state index contributed by atoms with van der Waals surface area (Å²) >= 11 is 8.67. The minimum Gasteiger partial charge on any atom is -0.492 e. The highest BCUT2D eigenvalue weighted by Crippen LogP contribution is 2.21. The zero-order chi connectivity index (χ0) is 23.2. The largest absolute Gasteiger partial charge is 0.492 e. The second-order valence-corrected chi connectivity index (χ2v) is 8.39. The van der Waals surface area contributed by atoms with Gasteiger partial charge in [0.05, 0.1) is 12.7 Å². The molecule has 0 radical (unpaired) electrons. The van der Waals surface area contributed by atoms with E-state index in [1.54, 1.807) is 0 Å². The highest BCUT2D eigenvalue weighted by atomic mass is 32.1. The second-order valence-electron chi connectivity index (χ2n) is 7.75. The van der Waals surface area contributed by atoms with Crippen LogP contribution >= 0.6 is 25.3 Å². The first-order chi connectivity index (χ1) is 14.9. The Balaban J connectivity index is 2.66. The van der Waals surface area contributed by atoms with Crippen molar-refractivity contribution < 1.29 is 30.3 Å². The van der Waals surface area contributed by atoms with Gasteiger partial charge in [0.2, 0.25) is 0 Å². The fourth-order valence-electron chi connectivity index (χ4n) is 3.28. The van der Waals surface area contributed by atoms with E-state index in [2.05, 4.69) is 32.2 Å². The van der Waals surface area contributed by atoms with Crippen molar-refractivity contribution in [1.82, 2.24) is 4.90 Å². The molecule has 7 nitrogen and oxygen atoms in total. The minimum absolute atomic E-state index is 0.117. The Morgan fingerprint density at radius 3 is 2.19 bits per heavy atom. The molecule has 9 heteroatoms. The van der Waals surface area contributed by atoms with Crippen molar-refractivity contribution in [3.05, 3.63) is 29.3 Å². The summed E-state index contributed by atoms with van der Waals surface area (Å²) < 4.78 is 5.88. The van der Waals surface area contributed by atoms with Crippen LogP contribution in [0.1, 0.15) is 43.7 Å². The lowest BCUT2D eigenvalue weighted by molar-refractivity contribution is -0.119. The molecule has 4 atom stereocenters. The van der Waals surface area contributed by atoms with Crippen molar-refractivity contribution in [2.45, 2.75) is 68.5 Å². The zero-order valence-electron chi connectivity index (χ0n) is 18.3. The topological polar surface area (TPSA) is 114 Å².